The van der Waals surface area contributed by atoms with Crippen molar-refractivity contribution in [1.82, 2.24) is 4.98 Å². The van der Waals surface area contributed by atoms with Gasteiger partial charge in [0.15, 0.2) is 9.92 Å². The molecule has 0 aliphatic heterocycles. The predicted octanol–water partition coefficient (Wildman–Crippen LogP) is 4.22. The van der Waals surface area contributed by atoms with Gasteiger partial charge in [-0.05, 0) is 48.9 Å². The van der Waals surface area contributed by atoms with Crippen LogP contribution in [0.3, 0.4) is 0 Å². The molecule has 2 rings (SSSR count). The number of nitrogens with zero attached hydrogens (tertiary/aromatic N) is 2. The Morgan fingerprint density at radius 2 is 1.79 bits per heavy atom. The van der Waals surface area contributed by atoms with Crippen LogP contribution in [0, 0.1) is 5.82 Å². The molecule has 0 fully saturated rings. The normalized spacial score (nSPS) is 14.2. The Morgan fingerprint density at radius 3 is 2.21 bits per heavy atom. The Morgan fingerprint density at radius 1 is 1.28 bits per heavy atom. The lowest BCUT2D eigenvalue weighted by atomic mass is 9.92. The zero-order valence-electron chi connectivity index (χ0n) is 17.3. The van der Waals surface area contributed by atoms with Crippen molar-refractivity contribution >= 4 is 21.6 Å². The summed E-state index contributed by atoms with van der Waals surface area (Å²) in [7, 11) is -3.74. The summed E-state index contributed by atoms with van der Waals surface area (Å²) in [5.74, 6) is -0.673. The molecule has 8 nitrogen and oxygen atoms in total. The number of nitrogens with two attached hydrogens (primary N) is 1. The molecule has 29 heavy (non-hydrogen) atoms. The summed E-state index contributed by atoms with van der Waals surface area (Å²) in [5.41, 5.74) is 0.173. The zero-order valence-corrected chi connectivity index (χ0v) is 18.1. The maximum absolute atomic E-state index is 14.0. The molecule has 0 aliphatic carbocycles. The van der Waals surface area contributed by atoms with Crippen LogP contribution in [0.4, 0.5) is 14.9 Å². The third kappa shape index (κ3) is 5.40. The molecule has 1 unspecified atom stereocenters. The first-order chi connectivity index (χ1) is 13.2. The molecule has 2 amide bonds. The number of aromatic nitrogens is 1. The van der Waals surface area contributed by atoms with Crippen molar-refractivity contribution in [2.24, 2.45) is 9.50 Å². The number of aliphatic hydroxyl groups is 1. The lowest BCUT2D eigenvalue weighted by Crippen LogP contribution is -2.19. The van der Waals surface area contributed by atoms with E-state index in [1.807, 2.05) is 27.7 Å². The van der Waals surface area contributed by atoms with Gasteiger partial charge in [-0.25, -0.2) is 23.5 Å². The molecule has 0 radical (unpaired) electrons. The minimum Gasteiger partial charge on any atom is -0.426 e. The lowest BCUT2D eigenvalue weighted by molar-refractivity contribution is 0.0446. The summed E-state index contributed by atoms with van der Waals surface area (Å²) in [4.78, 5) is 16.3. The molecule has 0 bridgehead atoms. The third-order valence-electron chi connectivity index (χ3n) is 4.15. The Hall–Kier alpha value is -2.30. The summed E-state index contributed by atoms with van der Waals surface area (Å²) in [6.45, 7) is 10.3. The van der Waals surface area contributed by atoms with Crippen molar-refractivity contribution in [3.8, 4) is 0 Å². The number of amides is 2. The monoisotopic (exact) mass is 426 g/mol. The SMILES string of the molecule is CC(C)c1cc(F)cc(C(C)C)c1NC(=O)N=S(N)(=O)c1cnc(C(C)(C)O)o1. The van der Waals surface area contributed by atoms with E-state index in [9.17, 15) is 18.5 Å². The number of halogens is 1. The number of nitrogens with one attached hydrogen (secondary N) is 1. The average Bonchev–Trinajstić information content (AvgIpc) is 3.06. The molecule has 1 aromatic carbocycles. The average molecular weight is 427 g/mol. The quantitative estimate of drug-likeness (QED) is 0.659. The van der Waals surface area contributed by atoms with E-state index in [0.717, 1.165) is 6.20 Å². The molecule has 0 saturated heterocycles. The Balaban J connectivity index is 2.44. The van der Waals surface area contributed by atoms with E-state index in [0.29, 0.717) is 16.8 Å². The number of urea groups is 1. The minimum atomic E-state index is -3.74. The van der Waals surface area contributed by atoms with Crippen LogP contribution in [-0.4, -0.2) is 20.3 Å². The van der Waals surface area contributed by atoms with E-state index >= 15 is 0 Å². The first kappa shape index (κ1) is 23.0. The summed E-state index contributed by atoms with van der Waals surface area (Å²) < 4.78 is 35.5. The molecule has 160 valence electrons. The molecule has 1 heterocycles. The topological polar surface area (TPSA) is 131 Å². The minimum absolute atomic E-state index is 0.0793. The van der Waals surface area contributed by atoms with Gasteiger partial charge in [0, 0.05) is 5.69 Å². The molecule has 4 N–H and O–H groups in total. The molecule has 0 aliphatic rings. The van der Waals surface area contributed by atoms with Crippen LogP contribution in [0.25, 0.3) is 0 Å². The molecule has 2 aromatic rings. The predicted molar refractivity (Wildman–Crippen MR) is 108 cm³/mol. The summed E-state index contributed by atoms with van der Waals surface area (Å²) in [6, 6.07) is 1.73. The number of rotatable bonds is 5. The number of hydrogen-bond acceptors (Lipinski definition) is 5. The first-order valence-electron chi connectivity index (χ1n) is 9.10. The fourth-order valence-electron chi connectivity index (χ4n) is 2.68. The van der Waals surface area contributed by atoms with Crippen molar-refractivity contribution in [3.05, 3.63) is 41.2 Å². The van der Waals surface area contributed by atoms with Gasteiger partial charge in [-0.15, -0.1) is 4.36 Å². The molecule has 1 atom stereocenters. The van der Waals surface area contributed by atoms with Crippen molar-refractivity contribution in [3.63, 3.8) is 0 Å². The van der Waals surface area contributed by atoms with Crippen LogP contribution >= 0.6 is 0 Å². The van der Waals surface area contributed by atoms with Gasteiger partial charge < -0.3 is 14.8 Å². The Bertz CT molecular complexity index is 1000. The van der Waals surface area contributed by atoms with Crippen LogP contribution in [-0.2, 0) is 15.5 Å². The van der Waals surface area contributed by atoms with E-state index < -0.39 is 27.4 Å². The standard InChI is InChI=1S/C19H27FN4O4S/c1-10(2)13-7-12(20)8-14(11(3)4)16(13)23-18(25)24-29(21,27)15-9-22-17(28-15)19(5,6)26/h7-11,26H,1-6H3,(H3,21,23,24,25,27). The smallest absolute Gasteiger partial charge is 0.354 e. The number of oxazole rings is 1. The van der Waals surface area contributed by atoms with Crippen LogP contribution in [0.5, 0.6) is 0 Å². The zero-order chi connectivity index (χ0) is 22.1. The van der Waals surface area contributed by atoms with Crippen LogP contribution in [0.2, 0.25) is 0 Å². The van der Waals surface area contributed by atoms with Crippen molar-refractivity contribution in [2.45, 2.75) is 64.1 Å². The molecule has 0 spiro atoms. The van der Waals surface area contributed by atoms with Gasteiger partial charge in [0.1, 0.15) is 11.4 Å². The van der Waals surface area contributed by atoms with E-state index in [2.05, 4.69) is 14.7 Å². The first-order valence-corrected chi connectivity index (χ1v) is 10.7. The summed E-state index contributed by atoms with van der Waals surface area (Å²) in [5, 5.41) is 17.8. The van der Waals surface area contributed by atoms with Gasteiger partial charge in [-0.1, -0.05) is 27.7 Å². The van der Waals surface area contributed by atoms with Gasteiger partial charge in [0.2, 0.25) is 11.0 Å². The second-order valence-corrected chi connectivity index (χ2v) is 9.62. The highest BCUT2D eigenvalue weighted by atomic mass is 32.2. The lowest BCUT2D eigenvalue weighted by Gasteiger charge is -2.19. The number of carbonyl (C=O) groups is 1. The summed E-state index contributed by atoms with van der Waals surface area (Å²) >= 11 is 0. The van der Waals surface area contributed by atoms with Crippen LogP contribution < -0.4 is 10.5 Å². The maximum Gasteiger partial charge on any atom is 0.354 e. The van der Waals surface area contributed by atoms with E-state index in [4.69, 9.17) is 9.56 Å². The van der Waals surface area contributed by atoms with Crippen molar-refractivity contribution in [1.29, 1.82) is 0 Å². The van der Waals surface area contributed by atoms with E-state index in [1.54, 1.807) is 0 Å². The van der Waals surface area contributed by atoms with Gasteiger partial charge in [0.25, 0.3) is 0 Å². The van der Waals surface area contributed by atoms with Gasteiger partial charge in [-0.2, -0.15) is 0 Å². The van der Waals surface area contributed by atoms with E-state index in [-0.39, 0.29) is 22.8 Å². The van der Waals surface area contributed by atoms with Gasteiger partial charge >= 0.3 is 6.03 Å². The van der Waals surface area contributed by atoms with E-state index in [1.165, 1.54) is 26.0 Å². The molecule has 1 aromatic heterocycles. The summed E-state index contributed by atoms with van der Waals surface area (Å²) in [6.07, 6.45) is 1.06. The van der Waals surface area contributed by atoms with Crippen LogP contribution in [0.15, 0.2) is 32.2 Å². The number of carbonyl (C=O) groups excluding carboxylic acids is 1. The fraction of sp³-hybridized carbons (Fsp3) is 0.474. The second-order valence-electron chi connectivity index (χ2n) is 7.90. The van der Waals surface area contributed by atoms with Crippen LogP contribution in [0.1, 0.15) is 70.4 Å². The maximum atomic E-state index is 14.0. The number of hydrogen-bond donors (Lipinski definition) is 3. The molecular formula is C19H27FN4O4S. The van der Waals surface area contributed by atoms with Gasteiger partial charge in [-0.3, -0.25) is 0 Å². The Kier molecular flexibility index (Phi) is 6.51. The highest BCUT2D eigenvalue weighted by molar-refractivity contribution is 7.91. The fourth-order valence-corrected chi connectivity index (χ4v) is 3.46. The van der Waals surface area contributed by atoms with Crippen molar-refractivity contribution < 1.29 is 22.9 Å². The highest BCUT2D eigenvalue weighted by Crippen LogP contribution is 2.34. The number of anilines is 1. The number of benzene rings is 1. The highest BCUT2D eigenvalue weighted by Gasteiger charge is 2.26. The molecule has 0 saturated carbocycles. The Labute approximate surface area is 170 Å². The largest absolute Gasteiger partial charge is 0.426 e. The second kappa shape index (κ2) is 8.21. The molecule has 10 heteroatoms. The third-order valence-corrected chi connectivity index (χ3v) is 5.36. The van der Waals surface area contributed by atoms with Crippen molar-refractivity contribution in [2.75, 3.05) is 5.32 Å². The van der Waals surface area contributed by atoms with Gasteiger partial charge in [0.05, 0.1) is 6.20 Å². The molecular weight excluding hydrogens is 399 g/mol.